The van der Waals surface area contributed by atoms with Crippen LogP contribution in [0.1, 0.15) is 31.2 Å². The van der Waals surface area contributed by atoms with E-state index in [2.05, 4.69) is 15.3 Å². The Bertz CT molecular complexity index is 660. The first-order valence-electron chi connectivity index (χ1n) is 8.74. The van der Waals surface area contributed by atoms with E-state index in [1.807, 2.05) is 36.4 Å². The Morgan fingerprint density at radius 3 is 2.48 bits per heavy atom. The first-order chi connectivity index (χ1) is 12.2. The SMILES string of the molecule is N[C@H](Cc1ccccc1)C(=O)NC1CCC(Sc2ncccn2)CC1. The molecule has 1 fully saturated rings. The minimum atomic E-state index is -0.493. The zero-order valence-electron chi connectivity index (χ0n) is 14.2. The molecule has 0 saturated heterocycles. The first-order valence-corrected chi connectivity index (χ1v) is 9.62. The highest BCUT2D eigenvalue weighted by molar-refractivity contribution is 7.99. The van der Waals surface area contributed by atoms with Gasteiger partial charge in [-0.25, -0.2) is 9.97 Å². The van der Waals surface area contributed by atoms with Crippen molar-refractivity contribution in [2.24, 2.45) is 5.73 Å². The summed E-state index contributed by atoms with van der Waals surface area (Å²) in [6.07, 6.45) is 8.19. The quantitative estimate of drug-likeness (QED) is 0.778. The highest BCUT2D eigenvalue weighted by Gasteiger charge is 2.25. The van der Waals surface area contributed by atoms with Crippen molar-refractivity contribution in [2.45, 2.75) is 54.6 Å². The number of hydrogen-bond donors (Lipinski definition) is 2. The Hall–Kier alpha value is -1.92. The van der Waals surface area contributed by atoms with E-state index in [4.69, 9.17) is 5.73 Å². The van der Waals surface area contributed by atoms with Gasteiger partial charge in [-0.3, -0.25) is 4.79 Å². The molecule has 2 aromatic rings. The maximum atomic E-state index is 12.3. The van der Waals surface area contributed by atoms with Crippen LogP contribution in [0.15, 0.2) is 53.9 Å². The molecule has 3 N–H and O–H groups in total. The summed E-state index contributed by atoms with van der Waals surface area (Å²) >= 11 is 1.73. The largest absolute Gasteiger partial charge is 0.352 e. The minimum Gasteiger partial charge on any atom is -0.352 e. The van der Waals surface area contributed by atoms with Crippen LogP contribution in [0.5, 0.6) is 0 Å². The Morgan fingerprint density at radius 2 is 1.80 bits per heavy atom. The Balaban J connectivity index is 1.41. The molecule has 3 rings (SSSR count). The molecular weight excluding hydrogens is 332 g/mol. The van der Waals surface area contributed by atoms with E-state index in [1.54, 1.807) is 24.2 Å². The summed E-state index contributed by atoms with van der Waals surface area (Å²) in [6.45, 7) is 0. The van der Waals surface area contributed by atoms with Crippen LogP contribution in [0.25, 0.3) is 0 Å². The number of thioether (sulfide) groups is 1. The van der Waals surface area contributed by atoms with Crippen molar-refractivity contribution in [1.82, 2.24) is 15.3 Å². The molecule has 1 aliphatic carbocycles. The number of rotatable bonds is 6. The third-order valence-corrected chi connectivity index (χ3v) is 5.70. The van der Waals surface area contributed by atoms with Crippen LogP contribution in [0, 0.1) is 0 Å². The number of hydrogen-bond acceptors (Lipinski definition) is 5. The average Bonchev–Trinajstić information content (AvgIpc) is 2.65. The van der Waals surface area contributed by atoms with Gasteiger partial charge in [-0.15, -0.1) is 0 Å². The Kier molecular flexibility index (Phi) is 6.42. The normalized spacial score (nSPS) is 21.5. The number of carbonyl (C=O) groups excluding carboxylic acids is 1. The second kappa shape index (κ2) is 8.97. The molecule has 1 amide bonds. The fourth-order valence-corrected chi connectivity index (χ4v) is 4.14. The fourth-order valence-electron chi connectivity index (χ4n) is 3.09. The zero-order chi connectivity index (χ0) is 17.5. The molecule has 0 aliphatic heterocycles. The summed E-state index contributed by atoms with van der Waals surface area (Å²) < 4.78 is 0. The summed E-state index contributed by atoms with van der Waals surface area (Å²) in [7, 11) is 0. The van der Waals surface area contributed by atoms with Gasteiger partial charge in [0.25, 0.3) is 0 Å². The highest BCUT2D eigenvalue weighted by Crippen LogP contribution is 2.31. The van der Waals surface area contributed by atoms with E-state index in [1.165, 1.54) is 0 Å². The lowest BCUT2D eigenvalue weighted by Gasteiger charge is -2.29. The molecule has 0 radical (unpaired) electrons. The monoisotopic (exact) mass is 356 g/mol. The molecule has 25 heavy (non-hydrogen) atoms. The predicted molar refractivity (Wildman–Crippen MR) is 100 cm³/mol. The maximum Gasteiger partial charge on any atom is 0.237 e. The second-order valence-corrected chi connectivity index (χ2v) is 7.70. The van der Waals surface area contributed by atoms with E-state index < -0.39 is 6.04 Å². The summed E-state index contributed by atoms with van der Waals surface area (Å²) in [4.78, 5) is 20.9. The van der Waals surface area contributed by atoms with Crippen molar-refractivity contribution in [1.29, 1.82) is 0 Å². The second-order valence-electron chi connectivity index (χ2n) is 6.43. The fraction of sp³-hybridized carbons (Fsp3) is 0.421. The lowest BCUT2D eigenvalue weighted by atomic mass is 9.94. The standard InChI is InChI=1S/C19H24N4OS/c20-17(13-14-5-2-1-3-6-14)18(24)23-15-7-9-16(10-8-15)25-19-21-11-4-12-22-19/h1-6,11-12,15-17H,7-10,13,20H2,(H,23,24)/t15?,16?,17-/m1/s1. The van der Waals surface area contributed by atoms with Gasteiger partial charge in [-0.05, 0) is 43.7 Å². The number of aromatic nitrogens is 2. The van der Waals surface area contributed by atoms with Crippen LogP contribution in [0.2, 0.25) is 0 Å². The molecule has 1 aliphatic rings. The van der Waals surface area contributed by atoms with E-state index in [0.29, 0.717) is 11.7 Å². The van der Waals surface area contributed by atoms with Crippen molar-refractivity contribution < 1.29 is 4.79 Å². The van der Waals surface area contributed by atoms with E-state index in [9.17, 15) is 4.79 Å². The van der Waals surface area contributed by atoms with Gasteiger partial charge in [0.2, 0.25) is 5.91 Å². The minimum absolute atomic E-state index is 0.0497. The molecule has 0 spiro atoms. The summed E-state index contributed by atoms with van der Waals surface area (Å²) in [5.74, 6) is -0.0497. The number of benzene rings is 1. The molecule has 1 atom stereocenters. The van der Waals surface area contributed by atoms with Crippen LogP contribution in [0.4, 0.5) is 0 Å². The first kappa shape index (κ1) is 17.9. The summed E-state index contributed by atoms with van der Waals surface area (Å²) in [5, 5.41) is 4.47. The predicted octanol–water partition coefficient (Wildman–Crippen LogP) is 2.57. The van der Waals surface area contributed by atoms with Crippen LogP contribution in [-0.2, 0) is 11.2 Å². The van der Waals surface area contributed by atoms with Gasteiger partial charge in [-0.1, -0.05) is 42.1 Å². The molecular formula is C19H24N4OS. The Labute approximate surface area is 152 Å². The number of nitrogens with one attached hydrogen (secondary N) is 1. The van der Waals surface area contributed by atoms with Gasteiger partial charge in [0.05, 0.1) is 6.04 Å². The van der Waals surface area contributed by atoms with Gasteiger partial charge in [0, 0.05) is 23.7 Å². The third-order valence-electron chi connectivity index (χ3n) is 4.47. The van der Waals surface area contributed by atoms with Crippen molar-refractivity contribution in [3.8, 4) is 0 Å². The Morgan fingerprint density at radius 1 is 1.12 bits per heavy atom. The average molecular weight is 356 g/mol. The topological polar surface area (TPSA) is 80.9 Å². The molecule has 6 heteroatoms. The van der Waals surface area contributed by atoms with Crippen molar-refractivity contribution in [3.63, 3.8) is 0 Å². The van der Waals surface area contributed by atoms with Crippen molar-refractivity contribution in [3.05, 3.63) is 54.4 Å². The van der Waals surface area contributed by atoms with Crippen LogP contribution in [0.3, 0.4) is 0 Å². The number of amides is 1. The number of nitrogens with two attached hydrogens (primary N) is 1. The van der Waals surface area contributed by atoms with Gasteiger partial charge in [0.1, 0.15) is 0 Å². The van der Waals surface area contributed by atoms with E-state index in [-0.39, 0.29) is 11.9 Å². The van der Waals surface area contributed by atoms with E-state index in [0.717, 1.165) is 36.4 Å². The molecule has 1 aromatic heterocycles. The van der Waals surface area contributed by atoms with Crippen LogP contribution >= 0.6 is 11.8 Å². The van der Waals surface area contributed by atoms with Crippen molar-refractivity contribution in [2.75, 3.05) is 0 Å². The van der Waals surface area contributed by atoms with Crippen LogP contribution < -0.4 is 11.1 Å². The molecule has 5 nitrogen and oxygen atoms in total. The molecule has 0 bridgehead atoms. The summed E-state index contributed by atoms with van der Waals surface area (Å²) in [5.41, 5.74) is 7.15. The smallest absolute Gasteiger partial charge is 0.237 e. The molecule has 1 heterocycles. The molecule has 132 valence electrons. The molecule has 1 saturated carbocycles. The zero-order valence-corrected chi connectivity index (χ0v) is 15.0. The van der Waals surface area contributed by atoms with Gasteiger partial charge < -0.3 is 11.1 Å². The molecule has 1 aromatic carbocycles. The van der Waals surface area contributed by atoms with Gasteiger partial charge >= 0.3 is 0 Å². The van der Waals surface area contributed by atoms with E-state index >= 15 is 0 Å². The highest BCUT2D eigenvalue weighted by atomic mass is 32.2. The maximum absolute atomic E-state index is 12.3. The van der Waals surface area contributed by atoms with Crippen molar-refractivity contribution >= 4 is 17.7 Å². The molecule has 0 unspecified atom stereocenters. The third kappa shape index (κ3) is 5.54. The summed E-state index contributed by atoms with van der Waals surface area (Å²) in [6, 6.07) is 11.5. The lowest BCUT2D eigenvalue weighted by Crippen LogP contribution is -2.47. The number of nitrogens with zero attached hydrogens (tertiary/aromatic N) is 2. The lowest BCUT2D eigenvalue weighted by molar-refractivity contribution is -0.123. The van der Waals surface area contributed by atoms with Gasteiger partial charge in [0.15, 0.2) is 5.16 Å². The number of carbonyl (C=O) groups is 1. The van der Waals surface area contributed by atoms with Gasteiger partial charge in [-0.2, -0.15) is 0 Å². The van der Waals surface area contributed by atoms with Crippen LogP contribution in [-0.4, -0.2) is 33.2 Å².